The number of nitrogens with one attached hydrogen (secondary N) is 2. The molecule has 4 N–H and O–H groups in total. The Morgan fingerprint density at radius 1 is 1.44 bits per heavy atom. The van der Waals surface area contributed by atoms with E-state index in [9.17, 15) is 8.42 Å². The summed E-state index contributed by atoms with van der Waals surface area (Å²) in [5, 5.41) is 2.90. The summed E-state index contributed by atoms with van der Waals surface area (Å²) in [5.74, 6) is 0.414. The molecule has 0 aromatic carbocycles. The Balaban J connectivity index is 0. The first-order valence-electron chi connectivity index (χ1n) is 4.91. The largest absolute Gasteiger partial charge is 0.370 e. The van der Waals surface area contributed by atoms with E-state index in [4.69, 9.17) is 5.73 Å². The van der Waals surface area contributed by atoms with Gasteiger partial charge in [0.25, 0.3) is 0 Å². The monoisotopic (exact) mass is 364 g/mol. The van der Waals surface area contributed by atoms with Gasteiger partial charge in [-0.1, -0.05) is 0 Å². The van der Waals surface area contributed by atoms with Crippen molar-refractivity contribution in [2.75, 3.05) is 18.8 Å². The topological polar surface area (TPSA) is 96.6 Å². The van der Waals surface area contributed by atoms with E-state index in [1.54, 1.807) is 6.92 Å². The Morgan fingerprint density at radius 2 is 2.00 bits per heavy atom. The number of halogens is 1. The van der Waals surface area contributed by atoms with Crippen molar-refractivity contribution in [3.8, 4) is 0 Å². The molecule has 16 heavy (non-hydrogen) atoms. The lowest BCUT2D eigenvalue weighted by Gasteiger charge is -2.08. The average Bonchev–Trinajstić information content (AvgIpc) is 2.11. The van der Waals surface area contributed by atoms with Crippen molar-refractivity contribution in [1.29, 1.82) is 0 Å². The number of hydrogen-bond acceptors (Lipinski definition) is 3. The molecule has 0 unspecified atom stereocenters. The van der Waals surface area contributed by atoms with Gasteiger partial charge in [-0.05, 0) is 20.8 Å². The second kappa shape index (κ2) is 8.99. The van der Waals surface area contributed by atoms with E-state index < -0.39 is 10.0 Å². The van der Waals surface area contributed by atoms with Crippen LogP contribution in [0.4, 0.5) is 0 Å². The molecular formula is C8H21IN4O2S. The summed E-state index contributed by atoms with van der Waals surface area (Å²) >= 11 is 0. The van der Waals surface area contributed by atoms with E-state index in [-0.39, 0.29) is 42.3 Å². The summed E-state index contributed by atoms with van der Waals surface area (Å²) in [4.78, 5) is 3.96. The molecule has 0 rings (SSSR count). The zero-order chi connectivity index (χ0) is 11.9. The SMILES string of the molecule is CCS(=O)(=O)NCCN=C(N)NC(C)C.I. The molecule has 0 aliphatic rings. The number of guanidine groups is 1. The maximum Gasteiger partial charge on any atom is 0.211 e. The maximum absolute atomic E-state index is 11.0. The van der Waals surface area contributed by atoms with Crippen LogP contribution in [0.3, 0.4) is 0 Å². The van der Waals surface area contributed by atoms with Gasteiger partial charge in [0.15, 0.2) is 5.96 Å². The molecule has 0 radical (unpaired) electrons. The zero-order valence-corrected chi connectivity index (χ0v) is 13.0. The molecule has 0 aliphatic heterocycles. The summed E-state index contributed by atoms with van der Waals surface area (Å²) in [6.07, 6.45) is 0. The van der Waals surface area contributed by atoms with Gasteiger partial charge in [-0.2, -0.15) is 0 Å². The Hall–Kier alpha value is -0.0900. The third-order valence-electron chi connectivity index (χ3n) is 1.53. The molecule has 0 aromatic rings. The fourth-order valence-electron chi connectivity index (χ4n) is 0.821. The minimum atomic E-state index is -3.12. The smallest absolute Gasteiger partial charge is 0.211 e. The Labute approximate surface area is 115 Å². The number of sulfonamides is 1. The van der Waals surface area contributed by atoms with Crippen LogP contribution < -0.4 is 15.8 Å². The highest BCUT2D eigenvalue weighted by Gasteiger charge is 2.03. The van der Waals surface area contributed by atoms with Gasteiger partial charge in [0, 0.05) is 12.6 Å². The molecular weight excluding hydrogens is 343 g/mol. The fraction of sp³-hybridized carbons (Fsp3) is 0.875. The number of nitrogens with zero attached hydrogens (tertiary/aromatic N) is 1. The molecule has 0 atom stereocenters. The van der Waals surface area contributed by atoms with Gasteiger partial charge in [0.1, 0.15) is 0 Å². The molecule has 0 spiro atoms. The predicted octanol–water partition coefficient (Wildman–Crippen LogP) is -0.144. The number of hydrogen-bond donors (Lipinski definition) is 3. The summed E-state index contributed by atoms with van der Waals surface area (Å²) in [6.45, 7) is 6.09. The van der Waals surface area contributed by atoms with Gasteiger partial charge in [-0.15, -0.1) is 24.0 Å². The first kappa shape index (κ1) is 18.3. The molecule has 0 saturated heterocycles. The summed E-state index contributed by atoms with van der Waals surface area (Å²) in [6, 6.07) is 0.223. The van der Waals surface area contributed by atoms with E-state index in [0.29, 0.717) is 12.5 Å². The van der Waals surface area contributed by atoms with Crippen LogP contribution in [0.2, 0.25) is 0 Å². The first-order chi connectivity index (χ1) is 6.87. The van der Waals surface area contributed by atoms with E-state index >= 15 is 0 Å². The van der Waals surface area contributed by atoms with Crippen LogP contribution in [0.25, 0.3) is 0 Å². The van der Waals surface area contributed by atoms with E-state index in [0.717, 1.165) is 0 Å². The third kappa shape index (κ3) is 10.4. The number of aliphatic imine (C=N–C) groups is 1. The van der Waals surface area contributed by atoms with Gasteiger partial charge in [-0.3, -0.25) is 4.99 Å². The standard InChI is InChI=1S/C8H20N4O2S.HI/c1-4-15(13,14)11-6-5-10-8(9)12-7(2)3;/h7,11H,4-6H2,1-3H3,(H3,9,10,12);1H. The normalized spacial score (nSPS) is 12.4. The van der Waals surface area contributed by atoms with Crippen molar-refractivity contribution >= 4 is 40.0 Å². The zero-order valence-electron chi connectivity index (χ0n) is 9.86. The maximum atomic E-state index is 11.0. The second-order valence-electron chi connectivity index (χ2n) is 3.36. The lowest BCUT2D eigenvalue weighted by Crippen LogP contribution is -2.37. The van der Waals surface area contributed by atoms with Gasteiger partial charge in [0.2, 0.25) is 10.0 Å². The van der Waals surface area contributed by atoms with Crippen molar-refractivity contribution < 1.29 is 8.42 Å². The van der Waals surface area contributed by atoms with Crippen LogP contribution in [0.5, 0.6) is 0 Å². The molecule has 0 aliphatic carbocycles. The molecule has 6 nitrogen and oxygen atoms in total. The number of rotatable bonds is 6. The minimum absolute atomic E-state index is 0. The Morgan fingerprint density at radius 3 is 2.44 bits per heavy atom. The van der Waals surface area contributed by atoms with Crippen LogP contribution in [0.15, 0.2) is 4.99 Å². The highest BCUT2D eigenvalue weighted by molar-refractivity contribution is 14.0. The molecule has 0 amide bonds. The predicted molar refractivity (Wildman–Crippen MR) is 77.6 cm³/mol. The number of nitrogens with two attached hydrogens (primary N) is 1. The molecule has 0 fully saturated rings. The van der Waals surface area contributed by atoms with E-state index in [1.165, 1.54) is 0 Å². The highest BCUT2D eigenvalue weighted by atomic mass is 127. The summed E-state index contributed by atoms with van der Waals surface area (Å²) in [5.41, 5.74) is 5.52. The molecule has 0 aromatic heterocycles. The van der Waals surface area contributed by atoms with Crippen LogP contribution in [-0.2, 0) is 10.0 Å². The molecule has 8 heteroatoms. The molecule has 0 heterocycles. The van der Waals surface area contributed by atoms with Gasteiger partial charge >= 0.3 is 0 Å². The molecule has 0 saturated carbocycles. The third-order valence-corrected chi connectivity index (χ3v) is 2.94. The van der Waals surface area contributed by atoms with Crippen molar-refractivity contribution in [3.63, 3.8) is 0 Å². The molecule has 98 valence electrons. The highest BCUT2D eigenvalue weighted by Crippen LogP contribution is 1.81. The minimum Gasteiger partial charge on any atom is -0.370 e. The van der Waals surface area contributed by atoms with E-state index in [1.807, 2.05) is 13.8 Å². The van der Waals surface area contributed by atoms with Gasteiger partial charge in [0.05, 0.1) is 12.3 Å². The van der Waals surface area contributed by atoms with E-state index in [2.05, 4.69) is 15.0 Å². The van der Waals surface area contributed by atoms with Crippen LogP contribution in [0, 0.1) is 0 Å². The van der Waals surface area contributed by atoms with Crippen molar-refractivity contribution in [2.45, 2.75) is 26.8 Å². The second-order valence-corrected chi connectivity index (χ2v) is 5.46. The Kier molecular flexibility index (Phi) is 10.3. The van der Waals surface area contributed by atoms with Gasteiger partial charge < -0.3 is 11.1 Å². The summed E-state index contributed by atoms with van der Waals surface area (Å²) < 4.78 is 24.4. The average molecular weight is 364 g/mol. The van der Waals surface area contributed by atoms with Crippen molar-refractivity contribution in [2.24, 2.45) is 10.7 Å². The van der Waals surface area contributed by atoms with Crippen LogP contribution in [-0.4, -0.2) is 39.3 Å². The molecule has 0 bridgehead atoms. The van der Waals surface area contributed by atoms with Crippen LogP contribution >= 0.6 is 24.0 Å². The van der Waals surface area contributed by atoms with Crippen LogP contribution in [0.1, 0.15) is 20.8 Å². The lowest BCUT2D eigenvalue weighted by atomic mass is 10.4. The van der Waals surface area contributed by atoms with Crippen molar-refractivity contribution in [3.05, 3.63) is 0 Å². The quantitative estimate of drug-likeness (QED) is 0.265. The first-order valence-corrected chi connectivity index (χ1v) is 6.56. The van der Waals surface area contributed by atoms with Gasteiger partial charge in [-0.25, -0.2) is 13.1 Å². The summed E-state index contributed by atoms with van der Waals surface area (Å²) in [7, 11) is -3.12. The fourth-order valence-corrected chi connectivity index (χ4v) is 1.43. The Bertz CT molecular complexity index is 303. The lowest BCUT2D eigenvalue weighted by molar-refractivity contribution is 0.583. The van der Waals surface area contributed by atoms with Crippen molar-refractivity contribution in [1.82, 2.24) is 10.0 Å².